The Morgan fingerprint density at radius 2 is 1.97 bits per heavy atom. The number of likely N-dealkylation sites (tertiary alicyclic amines) is 1. The second kappa shape index (κ2) is 7.34. The first-order valence-electron chi connectivity index (χ1n) is 10.5. The van der Waals surface area contributed by atoms with E-state index >= 15 is 0 Å². The largest absolute Gasteiger partial charge is 0.495 e. The van der Waals surface area contributed by atoms with Gasteiger partial charge in [-0.05, 0) is 67.8 Å². The zero-order valence-corrected chi connectivity index (χ0v) is 17.6. The Morgan fingerprint density at radius 1 is 1.16 bits per heavy atom. The molecule has 2 aliphatic rings. The fourth-order valence-electron chi connectivity index (χ4n) is 4.71. The SMILES string of the molecule is COc1ccc(C)cc1NC(=O)N1CCC2(CC1)Nc1cc(F)ccc1-n1cccc12. The van der Waals surface area contributed by atoms with E-state index in [4.69, 9.17) is 4.74 Å². The number of piperidine rings is 1. The van der Waals surface area contributed by atoms with E-state index in [0.29, 0.717) is 24.5 Å². The monoisotopic (exact) mass is 420 g/mol. The number of aryl methyl sites for hydroxylation is 1. The fraction of sp³-hybridized carbons (Fsp3) is 0.292. The van der Waals surface area contributed by atoms with Crippen molar-refractivity contribution in [1.29, 1.82) is 0 Å². The predicted molar refractivity (Wildman–Crippen MR) is 119 cm³/mol. The second-order valence-corrected chi connectivity index (χ2v) is 8.25. The van der Waals surface area contributed by atoms with E-state index in [1.54, 1.807) is 19.2 Å². The number of anilines is 2. The average Bonchev–Trinajstić information content (AvgIpc) is 3.25. The minimum atomic E-state index is -0.331. The van der Waals surface area contributed by atoms with E-state index in [2.05, 4.69) is 21.3 Å². The van der Waals surface area contributed by atoms with Crippen LogP contribution < -0.4 is 15.4 Å². The smallest absolute Gasteiger partial charge is 0.321 e. The molecule has 31 heavy (non-hydrogen) atoms. The molecule has 6 nitrogen and oxygen atoms in total. The number of nitrogens with one attached hydrogen (secondary N) is 2. The molecule has 0 bridgehead atoms. The summed E-state index contributed by atoms with van der Waals surface area (Å²) < 4.78 is 21.4. The van der Waals surface area contributed by atoms with Gasteiger partial charge in [0, 0.05) is 25.0 Å². The first-order chi connectivity index (χ1) is 15.0. The number of hydrogen-bond donors (Lipinski definition) is 2. The summed E-state index contributed by atoms with van der Waals surface area (Å²) in [6.07, 6.45) is 3.47. The summed E-state index contributed by atoms with van der Waals surface area (Å²) in [6, 6.07) is 14.5. The number of hydrogen-bond acceptors (Lipinski definition) is 3. The van der Waals surface area contributed by atoms with Crippen molar-refractivity contribution in [2.45, 2.75) is 25.3 Å². The second-order valence-electron chi connectivity index (χ2n) is 8.25. The van der Waals surface area contributed by atoms with Crippen LogP contribution >= 0.6 is 0 Å². The number of methoxy groups -OCH3 is 1. The lowest BCUT2D eigenvalue weighted by Crippen LogP contribution is -2.51. The van der Waals surface area contributed by atoms with E-state index in [1.807, 2.05) is 42.3 Å². The number of benzene rings is 2. The highest BCUT2D eigenvalue weighted by atomic mass is 19.1. The van der Waals surface area contributed by atoms with Crippen LogP contribution in [0.15, 0.2) is 54.7 Å². The molecule has 5 rings (SSSR count). The molecule has 0 atom stereocenters. The van der Waals surface area contributed by atoms with Crippen molar-refractivity contribution in [2.75, 3.05) is 30.8 Å². The molecule has 2 N–H and O–H groups in total. The molecule has 3 heterocycles. The van der Waals surface area contributed by atoms with Gasteiger partial charge in [-0.3, -0.25) is 0 Å². The van der Waals surface area contributed by atoms with Gasteiger partial charge in [0.1, 0.15) is 11.6 Å². The molecular weight excluding hydrogens is 395 g/mol. The molecule has 0 aliphatic carbocycles. The van der Waals surface area contributed by atoms with Crippen molar-refractivity contribution in [3.8, 4) is 11.4 Å². The Bertz CT molecular complexity index is 1150. The zero-order chi connectivity index (χ0) is 21.6. The van der Waals surface area contributed by atoms with Gasteiger partial charge in [0.2, 0.25) is 0 Å². The number of fused-ring (bicyclic) bond motifs is 4. The number of halogens is 1. The first-order valence-corrected chi connectivity index (χ1v) is 10.5. The van der Waals surface area contributed by atoms with Gasteiger partial charge < -0.3 is 24.8 Å². The Kier molecular flexibility index (Phi) is 4.61. The Labute approximate surface area is 180 Å². The maximum Gasteiger partial charge on any atom is 0.321 e. The quantitative estimate of drug-likeness (QED) is 0.621. The van der Waals surface area contributed by atoms with Crippen molar-refractivity contribution < 1.29 is 13.9 Å². The third-order valence-corrected chi connectivity index (χ3v) is 6.33. The van der Waals surface area contributed by atoms with Gasteiger partial charge in [-0.2, -0.15) is 0 Å². The number of amides is 2. The summed E-state index contributed by atoms with van der Waals surface area (Å²) in [7, 11) is 1.59. The first kappa shape index (κ1) is 19.5. The van der Waals surface area contributed by atoms with E-state index in [1.165, 1.54) is 6.07 Å². The number of urea groups is 1. The lowest BCUT2D eigenvalue weighted by Gasteiger charge is -2.46. The maximum absolute atomic E-state index is 13.9. The molecule has 2 aromatic carbocycles. The summed E-state index contributed by atoms with van der Waals surface area (Å²) in [5, 5.41) is 6.58. The molecule has 7 heteroatoms. The number of ether oxygens (including phenoxy) is 1. The van der Waals surface area contributed by atoms with Gasteiger partial charge in [0.15, 0.2) is 0 Å². The highest BCUT2D eigenvalue weighted by molar-refractivity contribution is 5.91. The van der Waals surface area contributed by atoms with Crippen LogP contribution in [-0.4, -0.2) is 35.7 Å². The minimum Gasteiger partial charge on any atom is -0.495 e. The van der Waals surface area contributed by atoms with Crippen molar-refractivity contribution in [3.63, 3.8) is 0 Å². The summed E-state index contributed by atoms with van der Waals surface area (Å²) in [6.45, 7) is 3.15. The van der Waals surface area contributed by atoms with Gasteiger partial charge in [0.05, 0.1) is 29.7 Å². The van der Waals surface area contributed by atoms with Crippen molar-refractivity contribution >= 4 is 17.4 Å². The van der Waals surface area contributed by atoms with Crippen molar-refractivity contribution in [1.82, 2.24) is 9.47 Å². The Hall–Kier alpha value is -3.48. The topological polar surface area (TPSA) is 58.5 Å². The summed E-state index contributed by atoms with van der Waals surface area (Å²) >= 11 is 0. The average molecular weight is 420 g/mol. The van der Waals surface area contributed by atoms with Gasteiger partial charge in [0.25, 0.3) is 0 Å². The highest BCUT2D eigenvalue weighted by Crippen LogP contribution is 2.43. The lowest BCUT2D eigenvalue weighted by molar-refractivity contribution is 0.174. The van der Waals surface area contributed by atoms with Crippen LogP contribution in [-0.2, 0) is 5.54 Å². The molecule has 1 saturated heterocycles. The Balaban J connectivity index is 1.35. The van der Waals surface area contributed by atoms with Crippen LogP contribution in [0.3, 0.4) is 0 Å². The minimum absolute atomic E-state index is 0.142. The molecule has 1 aromatic heterocycles. The standard InChI is InChI=1S/C24H25FN4O2/c1-16-5-8-21(31-2)19(14-16)26-23(30)28-12-9-24(10-13-28)22-4-3-11-29(22)20-7-6-17(25)15-18(20)27-24/h3-8,11,14-15,27H,9-10,12-13H2,1-2H3,(H,26,30). The van der Waals surface area contributed by atoms with Crippen molar-refractivity contribution in [3.05, 3.63) is 71.8 Å². The van der Waals surface area contributed by atoms with Gasteiger partial charge in [-0.25, -0.2) is 9.18 Å². The Morgan fingerprint density at radius 3 is 2.74 bits per heavy atom. The lowest BCUT2D eigenvalue weighted by atomic mass is 9.82. The molecule has 0 unspecified atom stereocenters. The molecule has 1 fully saturated rings. The molecule has 2 aliphatic heterocycles. The molecule has 0 radical (unpaired) electrons. The van der Waals surface area contributed by atoms with Gasteiger partial charge >= 0.3 is 6.03 Å². The van der Waals surface area contributed by atoms with E-state index < -0.39 is 0 Å². The van der Waals surface area contributed by atoms with Crippen LogP contribution in [0.5, 0.6) is 5.75 Å². The normalized spacial score (nSPS) is 16.3. The van der Waals surface area contributed by atoms with Crippen LogP contribution in [0.2, 0.25) is 0 Å². The van der Waals surface area contributed by atoms with Crippen molar-refractivity contribution in [2.24, 2.45) is 0 Å². The van der Waals surface area contributed by atoms with Gasteiger partial charge in [-0.1, -0.05) is 6.07 Å². The van der Waals surface area contributed by atoms with E-state index in [9.17, 15) is 9.18 Å². The summed E-state index contributed by atoms with van der Waals surface area (Å²) in [5.74, 6) is 0.374. The molecular formula is C24H25FN4O2. The molecule has 0 saturated carbocycles. The van der Waals surface area contributed by atoms with E-state index in [-0.39, 0.29) is 17.4 Å². The van der Waals surface area contributed by atoms with Gasteiger partial charge in [-0.15, -0.1) is 0 Å². The third-order valence-electron chi connectivity index (χ3n) is 6.33. The van der Waals surface area contributed by atoms with Crippen LogP contribution in [0.25, 0.3) is 5.69 Å². The summed E-state index contributed by atoms with van der Waals surface area (Å²) in [5.41, 5.74) is 4.26. The summed E-state index contributed by atoms with van der Waals surface area (Å²) in [4.78, 5) is 14.8. The zero-order valence-electron chi connectivity index (χ0n) is 17.6. The van der Waals surface area contributed by atoms with Crippen LogP contribution in [0.1, 0.15) is 24.1 Å². The maximum atomic E-state index is 13.9. The number of aromatic nitrogens is 1. The number of carbonyl (C=O) groups excluding carboxylic acids is 1. The fourth-order valence-corrected chi connectivity index (χ4v) is 4.71. The third kappa shape index (κ3) is 3.30. The van der Waals surface area contributed by atoms with E-state index in [0.717, 1.165) is 35.5 Å². The molecule has 160 valence electrons. The molecule has 2 amide bonds. The van der Waals surface area contributed by atoms with Crippen LogP contribution in [0, 0.1) is 12.7 Å². The number of carbonyl (C=O) groups is 1. The molecule has 3 aromatic rings. The van der Waals surface area contributed by atoms with Crippen LogP contribution in [0.4, 0.5) is 20.6 Å². The highest BCUT2D eigenvalue weighted by Gasteiger charge is 2.42. The number of nitrogens with zero attached hydrogens (tertiary/aromatic N) is 2. The predicted octanol–water partition coefficient (Wildman–Crippen LogP) is 4.88. The molecule has 1 spiro atoms. The number of rotatable bonds is 2.